The number of carbonyl (C=O) groups excluding carboxylic acids is 1. The van der Waals surface area contributed by atoms with Crippen LogP contribution in [0.5, 0.6) is 0 Å². The molecule has 33 heavy (non-hydrogen) atoms. The summed E-state index contributed by atoms with van der Waals surface area (Å²) in [6.45, 7) is 3.42. The molecule has 0 saturated carbocycles. The zero-order valence-corrected chi connectivity index (χ0v) is 16.9. The van der Waals surface area contributed by atoms with Crippen LogP contribution in [0.15, 0.2) is 61.3 Å². The number of rotatable bonds is 4. The Labute approximate surface area is 183 Å². The quantitative estimate of drug-likeness (QED) is 0.346. The molecule has 0 aliphatic carbocycles. The van der Waals surface area contributed by atoms with E-state index in [0.29, 0.717) is 28.0 Å². The summed E-state index contributed by atoms with van der Waals surface area (Å²) >= 11 is 0. The number of benzene rings is 1. The van der Waals surface area contributed by atoms with Crippen molar-refractivity contribution in [1.29, 1.82) is 0 Å². The third-order valence-electron chi connectivity index (χ3n) is 5.45. The first kappa shape index (κ1) is 20.8. The van der Waals surface area contributed by atoms with Crippen molar-refractivity contribution in [2.75, 3.05) is 13.1 Å². The number of carbonyl (C=O) groups is 1. The summed E-state index contributed by atoms with van der Waals surface area (Å²) in [6.07, 6.45) is 0.220. The van der Waals surface area contributed by atoms with Gasteiger partial charge >= 0.3 is 6.18 Å². The Bertz CT molecular complexity index is 1350. The molecule has 4 heterocycles. The maximum absolute atomic E-state index is 13.2. The third-order valence-corrected chi connectivity index (χ3v) is 5.45. The van der Waals surface area contributed by atoms with E-state index in [2.05, 4.69) is 27.0 Å². The topological polar surface area (TPSA) is 81.7 Å². The van der Waals surface area contributed by atoms with Gasteiger partial charge in [0.1, 0.15) is 16.7 Å². The minimum atomic E-state index is -4.46. The average Bonchev–Trinajstić information content (AvgIpc) is 3.41. The fraction of sp³-hybridized carbons (Fsp3) is 0.190. The van der Waals surface area contributed by atoms with Crippen molar-refractivity contribution in [2.24, 2.45) is 0 Å². The molecule has 1 fully saturated rings. The number of nitrogens with zero attached hydrogens (tertiary/aromatic N) is 7. The number of halogens is 4. The van der Waals surface area contributed by atoms with Crippen molar-refractivity contribution in [3.63, 3.8) is 0 Å². The first-order valence-electron chi connectivity index (χ1n) is 9.79. The molecule has 12 heteroatoms. The molecule has 5 rings (SSSR count). The number of hydrogen-bond acceptors (Lipinski definition) is 5. The van der Waals surface area contributed by atoms with Gasteiger partial charge < -0.3 is 4.90 Å². The van der Waals surface area contributed by atoms with Crippen molar-refractivity contribution in [2.45, 2.75) is 12.2 Å². The van der Waals surface area contributed by atoms with E-state index >= 15 is 0 Å². The molecule has 1 aromatic carbocycles. The second kappa shape index (κ2) is 7.50. The van der Waals surface area contributed by atoms with Gasteiger partial charge in [-0.05, 0) is 18.2 Å². The second-order valence-corrected chi connectivity index (χ2v) is 7.51. The molecule has 1 aliphatic rings. The lowest BCUT2D eigenvalue weighted by molar-refractivity contribution is -0.137. The van der Waals surface area contributed by atoms with Crippen LogP contribution in [0, 0.1) is 0 Å². The molecule has 8 nitrogen and oxygen atoms in total. The van der Waals surface area contributed by atoms with Crippen LogP contribution in [0.2, 0.25) is 0 Å². The maximum atomic E-state index is 13.2. The van der Waals surface area contributed by atoms with Crippen LogP contribution in [-0.4, -0.2) is 53.7 Å². The molecular weight excluding hydrogens is 442 g/mol. The van der Waals surface area contributed by atoms with E-state index in [1.807, 2.05) is 0 Å². The van der Waals surface area contributed by atoms with Crippen molar-refractivity contribution in [3.8, 4) is 16.9 Å². The predicted octanol–water partition coefficient (Wildman–Crippen LogP) is 3.56. The minimum Gasteiger partial charge on any atom is -0.332 e. The van der Waals surface area contributed by atoms with E-state index in [0.717, 1.165) is 12.1 Å². The SMILES string of the molecule is C=C(F)C(=O)N1CC(n2nc(-c3ccc(C(F)(F)F)cc3)c3nccc(-n4ccnn4)c32)C1. The summed E-state index contributed by atoms with van der Waals surface area (Å²) in [6, 6.07) is 6.04. The van der Waals surface area contributed by atoms with Crippen LogP contribution in [0.25, 0.3) is 28.0 Å². The average molecular weight is 457 g/mol. The number of pyridine rings is 1. The highest BCUT2D eigenvalue weighted by molar-refractivity contribution is 5.95. The van der Waals surface area contributed by atoms with Crippen molar-refractivity contribution < 1.29 is 22.4 Å². The molecule has 1 amide bonds. The standard InChI is InChI=1S/C21H15F4N7O/c1-12(22)20(33)30-10-15(11-30)32-19-16(31-9-8-27-29-31)6-7-26-18(19)17(28-32)13-2-4-14(5-3-13)21(23,24)25/h2-9,15H,1,10-11H2. The predicted molar refractivity (Wildman–Crippen MR) is 109 cm³/mol. The van der Waals surface area contributed by atoms with E-state index in [1.54, 1.807) is 23.1 Å². The highest BCUT2D eigenvalue weighted by atomic mass is 19.4. The fourth-order valence-corrected chi connectivity index (χ4v) is 3.79. The molecule has 168 valence electrons. The number of alkyl halides is 3. The van der Waals surface area contributed by atoms with Gasteiger partial charge in [0.15, 0.2) is 5.83 Å². The lowest BCUT2D eigenvalue weighted by atomic mass is 10.1. The van der Waals surface area contributed by atoms with Gasteiger partial charge in [-0.2, -0.15) is 18.3 Å². The number of amides is 1. The molecule has 0 N–H and O–H groups in total. The van der Waals surface area contributed by atoms with Gasteiger partial charge in [0.05, 0.1) is 29.7 Å². The first-order valence-corrected chi connectivity index (χ1v) is 9.79. The minimum absolute atomic E-state index is 0.191. The van der Waals surface area contributed by atoms with Gasteiger partial charge in [0.2, 0.25) is 0 Å². The molecule has 0 unspecified atom stereocenters. The van der Waals surface area contributed by atoms with Crippen LogP contribution in [0.1, 0.15) is 11.6 Å². The molecule has 3 aromatic heterocycles. The van der Waals surface area contributed by atoms with E-state index in [1.165, 1.54) is 27.9 Å². The molecule has 1 aliphatic heterocycles. The van der Waals surface area contributed by atoms with Gasteiger partial charge in [-0.1, -0.05) is 23.9 Å². The molecule has 0 radical (unpaired) electrons. The lowest BCUT2D eigenvalue weighted by Crippen LogP contribution is -2.51. The zero-order chi connectivity index (χ0) is 23.3. The summed E-state index contributed by atoms with van der Waals surface area (Å²) in [7, 11) is 0. The van der Waals surface area contributed by atoms with Gasteiger partial charge in [-0.3, -0.25) is 14.5 Å². The van der Waals surface area contributed by atoms with Gasteiger partial charge in [0, 0.05) is 24.8 Å². The Morgan fingerprint density at radius 2 is 1.82 bits per heavy atom. The van der Waals surface area contributed by atoms with Gasteiger partial charge in [-0.15, -0.1) is 5.10 Å². The Balaban J connectivity index is 1.62. The largest absolute Gasteiger partial charge is 0.416 e. The van der Waals surface area contributed by atoms with Crippen LogP contribution in [0.4, 0.5) is 17.6 Å². The molecule has 4 aromatic rings. The summed E-state index contributed by atoms with van der Waals surface area (Å²) in [5, 5.41) is 12.5. The lowest BCUT2D eigenvalue weighted by Gasteiger charge is -2.39. The Morgan fingerprint density at radius 3 is 2.42 bits per heavy atom. The second-order valence-electron chi connectivity index (χ2n) is 7.51. The van der Waals surface area contributed by atoms with E-state index in [4.69, 9.17) is 0 Å². The van der Waals surface area contributed by atoms with Crippen LogP contribution >= 0.6 is 0 Å². The van der Waals surface area contributed by atoms with Gasteiger partial charge in [-0.25, -0.2) is 9.07 Å². The Kier molecular flexibility index (Phi) is 4.73. The molecule has 1 saturated heterocycles. The summed E-state index contributed by atoms with van der Waals surface area (Å²) in [5.74, 6) is -1.84. The van der Waals surface area contributed by atoms with Crippen molar-refractivity contribution >= 4 is 16.9 Å². The van der Waals surface area contributed by atoms with E-state index < -0.39 is 23.5 Å². The Hall–Kier alpha value is -4.09. The normalized spacial score (nSPS) is 14.5. The summed E-state index contributed by atoms with van der Waals surface area (Å²) in [4.78, 5) is 17.6. The van der Waals surface area contributed by atoms with Crippen molar-refractivity contribution in [1.82, 2.24) is 34.7 Å². The van der Waals surface area contributed by atoms with Crippen LogP contribution in [-0.2, 0) is 11.0 Å². The molecule has 0 atom stereocenters. The van der Waals surface area contributed by atoms with Crippen LogP contribution in [0.3, 0.4) is 0 Å². The molecular formula is C21H15F4N7O. The maximum Gasteiger partial charge on any atom is 0.416 e. The summed E-state index contributed by atoms with van der Waals surface area (Å²) in [5.41, 5.74) is 1.66. The van der Waals surface area contributed by atoms with E-state index in [-0.39, 0.29) is 19.1 Å². The monoisotopic (exact) mass is 457 g/mol. The fourth-order valence-electron chi connectivity index (χ4n) is 3.79. The number of fused-ring (bicyclic) bond motifs is 1. The van der Waals surface area contributed by atoms with Gasteiger partial charge in [0.25, 0.3) is 5.91 Å². The third kappa shape index (κ3) is 3.52. The molecule has 0 spiro atoms. The summed E-state index contributed by atoms with van der Waals surface area (Å²) < 4.78 is 55.4. The first-order chi connectivity index (χ1) is 15.7. The van der Waals surface area contributed by atoms with Crippen molar-refractivity contribution in [3.05, 3.63) is 66.9 Å². The zero-order valence-electron chi connectivity index (χ0n) is 16.9. The Morgan fingerprint density at radius 1 is 1.09 bits per heavy atom. The number of likely N-dealkylation sites (tertiary alicyclic amines) is 1. The highest BCUT2D eigenvalue weighted by Gasteiger charge is 2.36. The van der Waals surface area contributed by atoms with Crippen LogP contribution < -0.4 is 0 Å². The number of hydrogen-bond donors (Lipinski definition) is 0. The molecule has 0 bridgehead atoms. The smallest absolute Gasteiger partial charge is 0.332 e. The van der Waals surface area contributed by atoms with E-state index in [9.17, 15) is 22.4 Å². The number of aromatic nitrogens is 6. The highest BCUT2D eigenvalue weighted by Crippen LogP contribution is 2.36.